The molecule has 0 saturated carbocycles. The highest BCUT2D eigenvalue weighted by molar-refractivity contribution is 7.98. The summed E-state index contributed by atoms with van der Waals surface area (Å²) in [6, 6.07) is 12.6. The first-order valence-corrected chi connectivity index (χ1v) is 16.9. The summed E-state index contributed by atoms with van der Waals surface area (Å²) in [5, 5.41) is 10.0. The van der Waals surface area contributed by atoms with E-state index in [9.17, 15) is 19.2 Å². The van der Waals surface area contributed by atoms with E-state index in [2.05, 4.69) is 20.9 Å². The molecule has 0 saturated heterocycles. The largest absolute Gasteiger partial charge is 0.493 e. The van der Waals surface area contributed by atoms with Gasteiger partial charge in [-0.15, -0.1) is 0 Å². The highest BCUT2D eigenvalue weighted by Crippen LogP contribution is 2.50. The Bertz CT molecular complexity index is 1990. The van der Waals surface area contributed by atoms with E-state index in [0.717, 1.165) is 22.1 Å². The molecule has 4 N–H and O–H groups in total. The van der Waals surface area contributed by atoms with Gasteiger partial charge < -0.3 is 35.1 Å². The van der Waals surface area contributed by atoms with Gasteiger partial charge in [0.15, 0.2) is 11.5 Å². The second-order valence-corrected chi connectivity index (χ2v) is 12.6. The Morgan fingerprint density at radius 3 is 2.46 bits per heavy atom. The molecule has 0 aliphatic heterocycles. The number of aromatic amines is 1. The fourth-order valence-corrected chi connectivity index (χ4v) is 6.73. The maximum absolute atomic E-state index is 13.9. The molecule has 48 heavy (non-hydrogen) atoms. The van der Waals surface area contributed by atoms with Crippen LogP contribution >= 0.6 is 11.8 Å². The SMILES string of the molecule is COc1cc2c(c(OC)c1OC)-c1ccc(N[C@H](CCSC)C(=O)Nc3ccc4c(C)cc(=O)[nH]c4c3)c(=O)cc1[C@H](NC(C)=O)CC2. The van der Waals surface area contributed by atoms with Gasteiger partial charge in [-0.25, -0.2) is 0 Å². The fraction of sp³-hybridized carbons (Fsp3) is 0.333. The molecule has 1 heterocycles. The van der Waals surface area contributed by atoms with Crippen molar-refractivity contribution in [2.24, 2.45) is 0 Å². The minimum Gasteiger partial charge on any atom is -0.493 e. The number of H-pyrrole nitrogens is 1. The lowest BCUT2D eigenvalue weighted by atomic mass is 9.95. The molecule has 0 fully saturated rings. The van der Waals surface area contributed by atoms with Gasteiger partial charge in [0.25, 0.3) is 0 Å². The topological polar surface area (TPSA) is 148 Å². The highest BCUT2D eigenvalue weighted by atomic mass is 32.2. The van der Waals surface area contributed by atoms with Gasteiger partial charge in [0.2, 0.25) is 28.6 Å². The van der Waals surface area contributed by atoms with Crippen molar-refractivity contribution in [3.63, 3.8) is 0 Å². The lowest BCUT2D eigenvalue weighted by molar-refractivity contribution is -0.120. The molecule has 0 bridgehead atoms. The lowest BCUT2D eigenvalue weighted by Crippen LogP contribution is -2.36. The van der Waals surface area contributed by atoms with Crippen LogP contribution in [0, 0.1) is 6.92 Å². The van der Waals surface area contributed by atoms with Crippen LogP contribution in [0.3, 0.4) is 0 Å². The van der Waals surface area contributed by atoms with Gasteiger partial charge in [0, 0.05) is 29.6 Å². The van der Waals surface area contributed by atoms with Crippen LogP contribution in [0.15, 0.2) is 58.1 Å². The Morgan fingerprint density at radius 2 is 1.77 bits per heavy atom. The van der Waals surface area contributed by atoms with Crippen molar-refractivity contribution in [3.8, 4) is 28.4 Å². The van der Waals surface area contributed by atoms with Crippen LogP contribution in [0.25, 0.3) is 22.0 Å². The quantitative estimate of drug-likeness (QED) is 0.169. The van der Waals surface area contributed by atoms with Crippen LogP contribution < -0.4 is 41.1 Å². The number of thioether (sulfide) groups is 1. The standard InChI is InChI=1S/C36H40N4O7S/c1-19-15-32(43)40-29-17-22(8-9-23(19)29)38-36(44)28(13-14-48-6)39-27-12-10-24-25(18-30(27)42)26(37-20(2)41)11-7-21-16-31(45-3)34(46-4)35(47-5)33(21)24/h8-10,12,15-18,26,28H,7,11,13-14H2,1-6H3,(H,37,41)(H,38,44)(H,39,42)(H,40,43)/t26-,28-/m1/s1. The smallest absolute Gasteiger partial charge is 0.248 e. The van der Waals surface area contributed by atoms with Gasteiger partial charge >= 0.3 is 0 Å². The molecule has 2 amide bonds. The maximum atomic E-state index is 13.9. The number of aryl methyl sites for hydroxylation is 2. The Hall–Kier alpha value is -4.97. The van der Waals surface area contributed by atoms with Gasteiger partial charge in [-0.1, -0.05) is 12.1 Å². The first-order valence-electron chi connectivity index (χ1n) is 15.6. The Morgan fingerprint density at radius 1 is 1.00 bits per heavy atom. The third-order valence-corrected chi connectivity index (χ3v) is 9.13. The molecule has 11 nitrogen and oxygen atoms in total. The zero-order valence-corrected chi connectivity index (χ0v) is 28.7. The van der Waals surface area contributed by atoms with Crippen molar-refractivity contribution < 1.29 is 23.8 Å². The van der Waals surface area contributed by atoms with Crippen LogP contribution in [0.1, 0.15) is 42.5 Å². The number of hydrogen-bond donors (Lipinski definition) is 4. The average Bonchev–Trinajstić information content (AvgIpc) is 3.29. The molecule has 252 valence electrons. The summed E-state index contributed by atoms with van der Waals surface area (Å²) in [5.74, 6) is 1.49. The van der Waals surface area contributed by atoms with Gasteiger partial charge in [0.05, 0.1) is 38.6 Å². The predicted molar refractivity (Wildman–Crippen MR) is 191 cm³/mol. The molecule has 4 aromatic rings. The fourth-order valence-electron chi connectivity index (χ4n) is 6.26. The average molecular weight is 673 g/mol. The van der Waals surface area contributed by atoms with Crippen LogP contribution in [0.2, 0.25) is 0 Å². The van der Waals surface area contributed by atoms with Crippen molar-refractivity contribution in [1.82, 2.24) is 10.3 Å². The van der Waals surface area contributed by atoms with E-state index in [0.29, 0.717) is 64.6 Å². The van der Waals surface area contributed by atoms with E-state index in [-0.39, 0.29) is 28.5 Å². The molecule has 1 aromatic heterocycles. The van der Waals surface area contributed by atoms with E-state index in [1.807, 2.05) is 31.4 Å². The molecule has 0 spiro atoms. The summed E-state index contributed by atoms with van der Waals surface area (Å²) >= 11 is 1.59. The maximum Gasteiger partial charge on any atom is 0.248 e. The van der Waals surface area contributed by atoms with Crippen LogP contribution in [0.5, 0.6) is 17.2 Å². The van der Waals surface area contributed by atoms with Crippen molar-refractivity contribution >= 4 is 45.9 Å². The first-order chi connectivity index (χ1) is 23.1. The summed E-state index contributed by atoms with van der Waals surface area (Å²) < 4.78 is 17.2. The summed E-state index contributed by atoms with van der Waals surface area (Å²) in [4.78, 5) is 54.8. The number of ether oxygens (including phenoxy) is 3. The Labute approximate surface area is 282 Å². The number of pyridine rings is 1. The van der Waals surface area contributed by atoms with Crippen LogP contribution in [-0.4, -0.2) is 56.2 Å². The third-order valence-electron chi connectivity index (χ3n) is 8.49. The number of nitrogens with one attached hydrogen (secondary N) is 4. The molecular formula is C36H40N4O7S. The molecular weight excluding hydrogens is 632 g/mol. The zero-order chi connectivity index (χ0) is 34.5. The minimum absolute atomic E-state index is 0.222. The Kier molecular flexibility index (Phi) is 10.6. The second-order valence-electron chi connectivity index (χ2n) is 11.6. The first kappa shape index (κ1) is 34.4. The zero-order valence-electron chi connectivity index (χ0n) is 27.9. The molecule has 1 aliphatic carbocycles. The third kappa shape index (κ3) is 7.13. The molecule has 0 unspecified atom stereocenters. The van der Waals surface area contributed by atoms with E-state index in [4.69, 9.17) is 14.2 Å². The van der Waals surface area contributed by atoms with Gasteiger partial charge in [0.1, 0.15) is 6.04 Å². The van der Waals surface area contributed by atoms with E-state index >= 15 is 0 Å². The molecule has 1 aliphatic rings. The summed E-state index contributed by atoms with van der Waals surface area (Å²) in [6.45, 7) is 3.31. The number of benzene rings is 2. The van der Waals surface area contributed by atoms with Gasteiger partial charge in [-0.3, -0.25) is 19.2 Å². The number of hydrogen-bond acceptors (Lipinski definition) is 9. The number of amides is 2. The number of rotatable bonds is 11. The lowest BCUT2D eigenvalue weighted by Gasteiger charge is -2.19. The summed E-state index contributed by atoms with van der Waals surface area (Å²) in [6.07, 6.45) is 3.50. The number of anilines is 2. The number of methoxy groups -OCH3 is 3. The molecule has 2 atom stereocenters. The second kappa shape index (κ2) is 14.8. The molecule has 0 radical (unpaired) electrons. The van der Waals surface area contributed by atoms with Crippen molar-refractivity contribution in [2.45, 2.75) is 45.2 Å². The monoisotopic (exact) mass is 672 g/mol. The molecule has 3 aromatic carbocycles. The van der Waals surface area contributed by atoms with Crippen LogP contribution in [0.4, 0.5) is 11.4 Å². The van der Waals surface area contributed by atoms with Crippen molar-refractivity contribution in [3.05, 3.63) is 85.8 Å². The summed E-state index contributed by atoms with van der Waals surface area (Å²) in [5.41, 5.74) is 4.60. The number of aromatic nitrogens is 1. The van der Waals surface area contributed by atoms with E-state index in [1.165, 1.54) is 26.2 Å². The number of carbonyl (C=O) groups is 2. The summed E-state index contributed by atoms with van der Waals surface area (Å²) in [7, 11) is 4.64. The van der Waals surface area contributed by atoms with Gasteiger partial charge in [-0.2, -0.15) is 11.8 Å². The van der Waals surface area contributed by atoms with Crippen molar-refractivity contribution in [1.29, 1.82) is 0 Å². The Balaban J connectivity index is 1.57. The number of fused-ring (bicyclic) bond motifs is 4. The molecule has 5 rings (SSSR count). The predicted octanol–water partition coefficient (Wildman–Crippen LogP) is 5.19. The molecule has 12 heteroatoms. The number of carbonyl (C=O) groups excluding carboxylic acids is 2. The van der Waals surface area contributed by atoms with Crippen LogP contribution in [-0.2, 0) is 16.0 Å². The minimum atomic E-state index is -0.753. The van der Waals surface area contributed by atoms with Crippen molar-refractivity contribution in [2.75, 3.05) is 44.0 Å². The normalized spacial score (nSPS) is 14.2. The highest BCUT2D eigenvalue weighted by Gasteiger charge is 2.30. The van der Waals surface area contributed by atoms with E-state index in [1.54, 1.807) is 44.2 Å². The van der Waals surface area contributed by atoms with E-state index < -0.39 is 12.1 Å². The van der Waals surface area contributed by atoms with Gasteiger partial charge in [-0.05, 0) is 90.8 Å².